The van der Waals surface area contributed by atoms with Crippen LogP contribution in [0.4, 0.5) is 0 Å². The molecule has 2 saturated heterocycles. The number of rotatable bonds is 6. The maximum atomic E-state index is 12.4. The van der Waals surface area contributed by atoms with Crippen molar-refractivity contribution in [3.63, 3.8) is 0 Å². The average molecular weight is 461 g/mol. The molecule has 0 aromatic carbocycles. The van der Waals surface area contributed by atoms with E-state index in [0.29, 0.717) is 17.7 Å². The zero-order valence-electron chi connectivity index (χ0n) is 16.5. The molecule has 4 heterocycles. The zero-order chi connectivity index (χ0) is 18.5. The maximum Gasteiger partial charge on any atom is 0.273 e. The van der Waals surface area contributed by atoms with Crippen molar-refractivity contribution in [2.75, 3.05) is 32.7 Å². The predicted octanol–water partition coefficient (Wildman–Crippen LogP) is 2.75. The summed E-state index contributed by atoms with van der Waals surface area (Å²) in [5.41, 5.74) is 0.434. The highest BCUT2D eigenvalue weighted by molar-refractivity contribution is 7.09. The van der Waals surface area contributed by atoms with Crippen LogP contribution in [0.3, 0.4) is 0 Å². The van der Waals surface area contributed by atoms with Crippen LogP contribution in [0, 0.1) is 5.92 Å². The van der Waals surface area contributed by atoms with Crippen molar-refractivity contribution in [2.45, 2.75) is 38.3 Å². The van der Waals surface area contributed by atoms with Gasteiger partial charge in [0.1, 0.15) is 0 Å². The van der Waals surface area contributed by atoms with Gasteiger partial charge in [-0.2, -0.15) is 0 Å². The molecular weight excluding hydrogens is 431 g/mol. The molecule has 4 rings (SSSR count). The minimum Gasteiger partial charge on any atom is -0.350 e. The topological polar surface area (TPSA) is 75.1 Å². The molecule has 0 aliphatic carbocycles. The van der Waals surface area contributed by atoms with E-state index in [-0.39, 0.29) is 30.7 Å². The third-order valence-electron chi connectivity index (χ3n) is 5.64. The summed E-state index contributed by atoms with van der Waals surface area (Å²) in [6.45, 7) is 5.98. The molecule has 2 aromatic rings. The fourth-order valence-corrected chi connectivity index (χ4v) is 4.68. The van der Waals surface area contributed by atoms with Crippen molar-refractivity contribution >= 4 is 42.1 Å². The number of hydrogen-bond donors (Lipinski definition) is 2. The Morgan fingerprint density at radius 2 is 1.97 bits per heavy atom. The number of halogens is 2. The minimum atomic E-state index is -0.101. The van der Waals surface area contributed by atoms with Gasteiger partial charge < -0.3 is 10.6 Å². The third-order valence-corrected chi connectivity index (χ3v) is 6.50. The van der Waals surface area contributed by atoms with Crippen LogP contribution >= 0.6 is 36.2 Å². The molecule has 0 atom stereocenters. The Hall–Kier alpha value is -1.19. The quantitative estimate of drug-likeness (QED) is 0.692. The summed E-state index contributed by atoms with van der Waals surface area (Å²) < 4.78 is 1.86. The highest BCUT2D eigenvalue weighted by atomic mass is 35.5. The second kappa shape index (κ2) is 11.9. The number of amides is 1. The van der Waals surface area contributed by atoms with E-state index in [1.165, 1.54) is 4.88 Å². The monoisotopic (exact) mass is 460 g/mol. The van der Waals surface area contributed by atoms with Gasteiger partial charge in [-0.25, -0.2) is 4.68 Å². The number of carbonyl (C=O) groups is 1. The van der Waals surface area contributed by atoms with E-state index in [2.05, 4.69) is 43.4 Å². The van der Waals surface area contributed by atoms with E-state index < -0.39 is 0 Å². The van der Waals surface area contributed by atoms with Crippen LogP contribution in [0.2, 0.25) is 0 Å². The van der Waals surface area contributed by atoms with Crippen LogP contribution in [-0.2, 0) is 6.54 Å². The normalized spacial score (nSPS) is 18.6. The van der Waals surface area contributed by atoms with E-state index in [4.69, 9.17) is 0 Å². The molecule has 162 valence electrons. The lowest BCUT2D eigenvalue weighted by molar-refractivity contribution is 0.0930. The standard InChI is InChI=1S/C19H28N6OS.2ClH/c26-19(18-14-25(23-22-18)16-3-7-20-8-4-16)21-12-15-5-9-24(10-6-15)13-17-2-1-11-27-17;;/h1-2,11,14-16,20H,3-10,12-13H2,(H,21,26);2*1H. The summed E-state index contributed by atoms with van der Waals surface area (Å²) in [6, 6.07) is 4.67. The Kier molecular flexibility index (Phi) is 9.85. The van der Waals surface area contributed by atoms with Gasteiger partial charge in [-0.15, -0.1) is 41.2 Å². The van der Waals surface area contributed by atoms with Gasteiger partial charge in [0, 0.05) is 18.0 Å². The molecule has 0 bridgehead atoms. The Bertz CT molecular complexity index is 727. The first kappa shape index (κ1) is 24.1. The van der Waals surface area contributed by atoms with E-state index in [1.807, 2.05) is 16.0 Å². The lowest BCUT2D eigenvalue weighted by Crippen LogP contribution is -2.38. The van der Waals surface area contributed by atoms with E-state index >= 15 is 0 Å². The Morgan fingerprint density at radius 1 is 1.21 bits per heavy atom. The molecule has 2 aromatic heterocycles. The number of likely N-dealkylation sites (tertiary alicyclic amines) is 1. The van der Waals surface area contributed by atoms with Crippen molar-refractivity contribution in [2.24, 2.45) is 5.92 Å². The Balaban J connectivity index is 0.00000150. The molecule has 10 heteroatoms. The number of nitrogens with zero attached hydrogens (tertiary/aromatic N) is 4. The van der Waals surface area contributed by atoms with Gasteiger partial charge in [-0.05, 0) is 69.2 Å². The van der Waals surface area contributed by atoms with Gasteiger partial charge in [0.25, 0.3) is 5.91 Å². The number of thiophene rings is 1. The number of hydrogen-bond acceptors (Lipinski definition) is 6. The second-order valence-electron chi connectivity index (χ2n) is 7.57. The van der Waals surface area contributed by atoms with Gasteiger partial charge >= 0.3 is 0 Å². The van der Waals surface area contributed by atoms with Crippen LogP contribution in [0.15, 0.2) is 23.7 Å². The lowest BCUT2D eigenvalue weighted by atomic mass is 9.96. The molecule has 0 spiro atoms. The average Bonchev–Trinajstić information content (AvgIpc) is 3.40. The van der Waals surface area contributed by atoms with Crippen molar-refractivity contribution < 1.29 is 4.79 Å². The van der Waals surface area contributed by atoms with Gasteiger partial charge in [0.2, 0.25) is 0 Å². The number of aromatic nitrogens is 3. The number of piperidine rings is 2. The van der Waals surface area contributed by atoms with Crippen LogP contribution in [-0.4, -0.2) is 58.5 Å². The minimum absolute atomic E-state index is 0. The molecule has 1 amide bonds. The summed E-state index contributed by atoms with van der Waals surface area (Å²) in [7, 11) is 0. The van der Waals surface area contributed by atoms with Crippen molar-refractivity contribution in [1.29, 1.82) is 0 Å². The molecular formula is C19H30Cl2N6OS. The van der Waals surface area contributed by atoms with Crippen LogP contribution in [0.1, 0.15) is 47.1 Å². The fourth-order valence-electron chi connectivity index (χ4n) is 3.93. The highest BCUT2D eigenvalue weighted by Gasteiger charge is 2.22. The van der Waals surface area contributed by atoms with Gasteiger partial charge in [-0.1, -0.05) is 11.3 Å². The smallest absolute Gasteiger partial charge is 0.273 e. The first-order valence-corrected chi connectivity index (χ1v) is 10.8. The zero-order valence-corrected chi connectivity index (χ0v) is 18.9. The number of carbonyl (C=O) groups excluding carboxylic acids is 1. The largest absolute Gasteiger partial charge is 0.350 e. The molecule has 2 N–H and O–H groups in total. The van der Waals surface area contributed by atoms with Gasteiger partial charge in [-0.3, -0.25) is 9.69 Å². The Morgan fingerprint density at radius 3 is 2.66 bits per heavy atom. The lowest BCUT2D eigenvalue weighted by Gasteiger charge is -2.31. The van der Waals surface area contributed by atoms with Crippen molar-refractivity contribution in [3.05, 3.63) is 34.3 Å². The second-order valence-corrected chi connectivity index (χ2v) is 8.61. The van der Waals surface area contributed by atoms with Crippen molar-refractivity contribution in [1.82, 2.24) is 30.5 Å². The fraction of sp³-hybridized carbons (Fsp3) is 0.632. The molecule has 0 saturated carbocycles. The molecule has 29 heavy (non-hydrogen) atoms. The summed E-state index contributed by atoms with van der Waals surface area (Å²) in [5.74, 6) is 0.448. The molecule has 2 aliphatic rings. The Labute approximate surface area is 188 Å². The summed E-state index contributed by atoms with van der Waals surface area (Å²) in [5, 5.41) is 16.8. The molecule has 0 unspecified atom stereocenters. The first-order chi connectivity index (χ1) is 13.3. The SMILES string of the molecule is Cl.Cl.O=C(NCC1CCN(Cc2cccs2)CC1)c1cn(C2CCNCC2)nn1. The number of nitrogens with one attached hydrogen (secondary N) is 2. The van der Waals surface area contributed by atoms with E-state index in [1.54, 1.807) is 6.20 Å². The summed E-state index contributed by atoms with van der Waals surface area (Å²) >= 11 is 1.82. The van der Waals surface area contributed by atoms with E-state index in [9.17, 15) is 4.79 Å². The summed E-state index contributed by atoms with van der Waals surface area (Å²) in [6.07, 6.45) is 6.14. The first-order valence-electron chi connectivity index (χ1n) is 9.93. The molecule has 0 radical (unpaired) electrons. The highest BCUT2D eigenvalue weighted by Crippen LogP contribution is 2.20. The molecule has 2 fully saturated rings. The van der Waals surface area contributed by atoms with Gasteiger partial charge in [0.05, 0.1) is 12.2 Å². The van der Waals surface area contributed by atoms with Crippen molar-refractivity contribution in [3.8, 4) is 0 Å². The third kappa shape index (κ3) is 6.65. The van der Waals surface area contributed by atoms with Crippen LogP contribution in [0.5, 0.6) is 0 Å². The molecule has 2 aliphatic heterocycles. The van der Waals surface area contributed by atoms with Gasteiger partial charge in [0.15, 0.2) is 5.69 Å². The van der Waals surface area contributed by atoms with Crippen LogP contribution in [0.25, 0.3) is 0 Å². The van der Waals surface area contributed by atoms with E-state index in [0.717, 1.165) is 65.0 Å². The van der Waals surface area contributed by atoms with Crippen LogP contribution < -0.4 is 10.6 Å². The predicted molar refractivity (Wildman–Crippen MR) is 120 cm³/mol. The maximum absolute atomic E-state index is 12.4. The molecule has 7 nitrogen and oxygen atoms in total. The summed E-state index contributed by atoms with van der Waals surface area (Å²) in [4.78, 5) is 16.3.